The molecule has 0 heterocycles. The minimum Gasteiger partial charge on any atom is -0.481 e. The molecule has 101 valence electrons. The first kappa shape index (κ1) is 14.5. The Morgan fingerprint density at radius 3 is 1.56 bits per heavy atom. The smallest absolute Gasteiger partial charge is 0.303 e. The normalized spacial score (nSPS) is 27.7. The van der Waals surface area contributed by atoms with E-state index >= 15 is 0 Å². The molecule has 0 aliphatic heterocycles. The number of carboxylic acid groups (broad SMARTS) is 3. The number of carboxylic acids is 3. The van der Waals surface area contributed by atoms with Gasteiger partial charge in [0.2, 0.25) is 0 Å². The maximum Gasteiger partial charge on any atom is 0.303 e. The lowest BCUT2D eigenvalue weighted by Gasteiger charge is -2.32. The summed E-state index contributed by atoms with van der Waals surface area (Å²) in [5.74, 6) is -3.41. The highest BCUT2D eigenvalue weighted by molar-refractivity contribution is 5.69. The lowest BCUT2D eigenvalue weighted by atomic mass is 9.72. The predicted molar refractivity (Wildman–Crippen MR) is 60.8 cm³/mol. The van der Waals surface area contributed by atoms with E-state index in [-0.39, 0.29) is 37.0 Å². The van der Waals surface area contributed by atoms with E-state index in [0.29, 0.717) is 12.8 Å². The lowest BCUT2D eigenvalue weighted by Crippen LogP contribution is -2.28. The fourth-order valence-electron chi connectivity index (χ4n) is 2.66. The SMILES string of the molecule is O=C(O)CC1[CH]C(CC(=O)O)CC(CC(=O)O)C1. The van der Waals surface area contributed by atoms with Crippen LogP contribution in [-0.4, -0.2) is 33.2 Å². The van der Waals surface area contributed by atoms with Crippen LogP contribution in [0.15, 0.2) is 0 Å². The molecule has 2 atom stereocenters. The van der Waals surface area contributed by atoms with E-state index in [2.05, 4.69) is 0 Å². The van der Waals surface area contributed by atoms with Gasteiger partial charge < -0.3 is 15.3 Å². The van der Waals surface area contributed by atoms with Gasteiger partial charge in [-0.2, -0.15) is 0 Å². The topological polar surface area (TPSA) is 112 Å². The van der Waals surface area contributed by atoms with Crippen LogP contribution < -0.4 is 0 Å². The Bertz CT molecular complexity index is 279. The molecule has 1 radical (unpaired) electrons. The van der Waals surface area contributed by atoms with E-state index in [1.807, 2.05) is 0 Å². The summed E-state index contributed by atoms with van der Waals surface area (Å²) >= 11 is 0. The van der Waals surface area contributed by atoms with Crippen LogP contribution >= 0.6 is 0 Å². The van der Waals surface area contributed by atoms with Crippen molar-refractivity contribution in [1.29, 1.82) is 0 Å². The minimum absolute atomic E-state index is 0.0277. The summed E-state index contributed by atoms with van der Waals surface area (Å²) in [4.78, 5) is 32.0. The second kappa shape index (κ2) is 6.37. The van der Waals surface area contributed by atoms with E-state index in [9.17, 15) is 14.4 Å². The fourth-order valence-corrected chi connectivity index (χ4v) is 2.66. The van der Waals surface area contributed by atoms with E-state index in [1.165, 1.54) is 0 Å². The molecule has 0 aromatic rings. The van der Waals surface area contributed by atoms with Gasteiger partial charge in [0.15, 0.2) is 0 Å². The van der Waals surface area contributed by atoms with Gasteiger partial charge in [-0.3, -0.25) is 14.4 Å². The first-order chi connectivity index (χ1) is 8.36. The van der Waals surface area contributed by atoms with Crippen LogP contribution in [0.1, 0.15) is 32.1 Å². The Labute approximate surface area is 105 Å². The van der Waals surface area contributed by atoms with Crippen LogP contribution in [0.25, 0.3) is 0 Å². The number of aliphatic carboxylic acids is 3. The zero-order chi connectivity index (χ0) is 13.7. The van der Waals surface area contributed by atoms with Crippen molar-refractivity contribution >= 4 is 17.9 Å². The Kier molecular flexibility index (Phi) is 5.12. The van der Waals surface area contributed by atoms with Gasteiger partial charge in [0.25, 0.3) is 0 Å². The average molecular weight is 257 g/mol. The first-order valence-corrected chi connectivity index (χ1v) is 5.87. The van der Waals surface area contributed by atoms with Crippen molar-refractivity contribution in [1.82, 2.24) is 0 Å². The van der Waals surface area contributed by atoms with Crippen molar-refractivity contribution in [3.8, 4) is 0 Å². The molecule has 0 saturated heterocycles. The van der Waals surface area contributed by atoms with Crippen LogP contribution in [0.3, 0.4) is 0 Å². The van der Waals surface area contributed by atoms with E-state index in [4.69, 9.17) is 15.3 Å². The van der Waals surface area contributed by atoms with Crippen LogP contribution in [0.2, 0.25) is 0 Å². The van der Waals surface area contributed by atoms with Crippen molar-refractivity contribution in [3.05, 3.63) is 6.42 Å². The summed E-state index contributed by atoms with van der Waals surface area (Å²) in [6.07, 6.45) is 2.63. The molecule has 1 fully saturated rings. The van der Waals surface area contributed by atoms with Gasteiger partial charge in [-0.05, 0) is 37.0 Å². The van der Waals surface area contributed by atoms with Gasteiger partial charge in [0, 0.05) is 19.3 Å². The predicted octanol–water partition coefficient (Wildman–Crippen LogP) is 1.26. The van der Waals surface area contributed by atoms with Gasteiger partial charge in [-0.25, -0.2) is 0 Å². The average Bonchev–Trinajstić information content (AvgIpc) is 2.12. The van der Waals surface area contributed by atoms with Crippen LogP contribution in [0.4, 0.5) is 0 Å². The third-order valence-corrected chi connectivity index (χ3v) is 3.15. The number of hydrogen-bond donors (Lipinski definition) is 3. The molecular weight excluding hydrogens is 240 g/mol. The molecule has 1 saturated carbocycles. The monoisotopic (exact) mass is 257 g/mol. The third kappa shape index (κ3) is 5.16. The molecule has 1 aliphatic carbocycles. The van der Waals surface area contributed by atoms with E-state index in [0.717, 1.165) is 0 Å². The molecule has 3 N–H and O–H groups in total. The van der Waals surface area contributed by atoms with Crippen molar-refractivity contribution in [2.75, 3.05) is 0 Å². The van der Waals surface area contributed by atoms with Gasteiger partial charge in [-0.1, -0.05) is 0 Å². The van der Waals surface area contributed by atoms with Crippen molar-refractivity contribution in [2.24, 2.45) is 17.8 Å². The van der Waals surface area contributed by atoms with Gasteiger partial charge >= 0.3 is 17.9 Å². The molecule has 0 amide bonds. The molecule has 0 aromatic carbocycles. The van der Waals surface area contributed by atoms with Gasteiger partial charge in [0.1, 0.15) is 0 Å². The number of rotatable bonds is 6. The standard InChI is InChI=1S/C12H17O6/c13-10(14)4-7-1-8(5-11(15)16)3-9(2-7)6-12(17)18/h1,7-9H,2-6H2,(H,13,14)(H,15,16)(H,17,18). The quantitative estimate of drug-likeness (QED) is 0.660. The molecule has 6 nitrogen and oxygen atoms in total. The summed E-state index contributed by atoms with van der Waals surface area (Å²) in [5, 5.41) is 26.3. The fraction of sp³-hybridized carbons (Fsp3) is 0.667. The zero-order valence-electron chi connectivity index (χ0n) is 9.91. The van der Waals surface area contributed by atoms with Crippen molar-refractivity contribution in [3.63, 3.8) is 0 Å². The molecule has 6 heteroatoms. The second-order valence-electron chi connectivity index (χ2n) is 4.84. The van der Waals surface area contributed by atoms with Gasteiger partial charge in [0.05, 0.1) is 0 Å². The summed E-state index contributed by atoms with van der Waals surface area (Å²) < 4.78 is 0. The maximum absolute atomic E-state index is 10.7. The van der Waals surface area contributed by atoms with Crippen molar-refractivity contribution < 1.29 is 29.7 Å². The molecule has 2 unspecified atom stereocenters. The summed E-state index contributed by atoms with van der Waals surface area (Å²) in [6, 6.07) is 0. The first-order valence-electron chi connectivity index (χ1n) is 5.87. The van der Waals surface area contributed by atoms with Crippen LogP contribution in [-0.2, 0) is 14.4 Å². The number of carbonyl (C=O) groups is 3. The molecule has 1 aliphatic rings. The molecule has 18 heavy (non-hydrogen) atoms. The highest BCUT2D eigenvalue weighted by Gasteiger charge is 2.32. The molecular formula is C12H17O6. The Balaban J connectivity index is 2.62. The van der Waals surface area contributed by atoms with Gasteiger partial charge in [-0.15, -0.1) is 0 Å². The maximum atomic E-state index is 10.7. The number of hydrogen-bond acceptors (Lipinski definition) is 3. The minimum atomic E-state index is -0.943. The molecule has 1 rings (SSSR count). The second-order valence-corrected chi connectivity index (χ2v) is 4.84. The summed E-state index contributed by atoms with van der Waals surface area (Å²) in [7, 11) is 0. The molecule has 0 spiro atoms. The van der Waals surface area contributed by atoms with Crippen LogP contribution in [0.5, 0.6) is 0 Å². The lowest BCUT2D eigenvalue weighted by molar-refractivity contribution is -0.138. The Morgan fingerprint density at radius 1 is 0.833 bits per heavy atom. The van der Waals surface area contributed by atoms with Crippen LogP contribution in [0, 0.1) is 24.2 Å². The summed E-state index contributed by atoms with van der Waals surface area (Å²) in [5.41, 5.74) is 0. The van der Waals surface area contributed by atoms with Crippen molar-refractivity contribution in [2.45, 2.75) is 32.1 Å². The Morgan fingerprint density at radius 2 is 1.22 bits per heavy atom. The largest absolute Gasteiger partial charge is 0.481 e. The Hall–Kier alpha value is -1.59. The summed E-state index contributed by atoms with van der Waals surface area (Å²) in [6.45, 7) is 0. The molecule has 0 bridgehead atoms. The van der Waals surface area contributed by atoms with E-state index in [1.54, 1.807) is 6.42 Å². The molecule has 0 aromatic heterocycles. The van der Waals surface area contributed by atoms with E-state index < -0.39 is 17.9 Å². The zero-order valence-corrected chi connectivity index (χ0v) is 9.91. The highest BCUT2D eigenvalue weighted by atomic mass is 16.4. The highest BCUT2D eigenvalue weighted by Crippen LogP contribution is 2.37. The third-order valence-electron chi connectivity index (χ3n) is 3.15.